The number of nitro benzene ring substituents is 1. The van der Waals surface area contributed by atoms with E-state index in [1.165, 1.54) is 6.07 Å². The van der Waals surface area contributed by atoms with Crippen molar-refractivity contribution in [2.24, 2.45) is 0 Å². The zero-order valence-corrected chi connectivity index (χ0v) is 16.1. The third-order valence-electron chi connectivity index (χ3n) is 5.42. The number of fused-ring (bicyclic) bond motifs is 1. The van der Waals surface area contributed by atoms with E-state index in [1.807, 2.05) is 42.5 Å². The molecule has 0 spiro atoms. The van der Waals surface area contributed by atoms with Crippen LogP contribution in [0, 0.1) is 10.1 Å². The molecule has 3 aromatic carbocycles. The number of nitro groups is 1. The molecule has 1 aliphatic rings. The van der Waals surface area contributed by atoms with Crippen LogP contribution in [0.4, 0.5) is 17.1 Å². The van der Waals surface area contributed by atoms with Gasteiger partial charge in [-0.05, 0) is 36.4 Å². The van der Waals surface area contributed by atoms with Crippen LogP contribution in [0.25, 0.3) is 10.8 Å². The smallest absolute Gasteiger partial charge is 0.293 e. The number of carbonyl (C=O) groups excluding carboxylic acids is 1. The average molecular weight is 389 g/mol. The van der Waals surface area contributed by atoms with Crippen molar-refractivity contribution >= 4 is 33.7 Å². The number of amides is 1. The Morgan fingerprint density at radius 1 is 0.931 bits per heavy atom. The molecule has 0 radical (unpaired) electrons. The lowest BCUT2D eigenvalue weighted by atomic mass is 10.1. The van der Waals surface area contributed by atoms with Crippen LogP contribution in [-0.2, 0) is 0 Å². The van der Waals surface area contributed by atoms with Crippen LogP contribution in [0.3, 0.4) is 0 Å². The molecule has 0 unspecified atom stereocenters. The molecule has 4 rings (SSSR count). The second-order valence-electron chi connectivity index (χ2n) is 7.34. The van der Waals surface area contributed by atoms with Gasteiger partial charge in [0.25, 0.3) is 11.6 Å². The maximum atomic E-state index is 12.8. The van der Waals surface area contributed by atoms with Crippen LogP contribution in [0.1, 0.15) is 36.0 Å². The normalized spacial score (nSPS) is 14.4. The van der Waals surface area contributed by atoms with Crippen LogP contribution in [0.15, 0.2) is 60.7 Å². The number of nitrogens with one attached hydrogen (secondary N) is 1. The third kappa shape index (κ3) is 4.06. The van der Waals surface area contributed by atoms with Gasteiger partial charge >= 0.3 is 0 Å². The molecule has 29 heavy (non-hydrogen) atoms. The van der Waals surface area contributed by atoms with Crippen molar-refractivity contribution in [1.29, 1.82) is 0 Å². The maximum absolute atomic E-state index is 12.8. The lowest BCUT2D eigenvalue weighted by Gasteiger charge is -2.22. The fraction of sp³-hybridized carbons (Fsp3) is 0.261. The van der Waals surface area contributed by atoms with E-state index in [0.717, 1.165) is 49.5 Å². The Balaban J connectivity index is 1.63. The topological polar surface area (TPSA) is 75.5 Å². The predicted molar refractivity (Wildman–Crippen MR) is 116 cm³/mol. The Kier molecular flexibility index (Phi) is 5.42. The van der Waals surface area contributed by atoms with E-state index in [-0.39, 0.29) is 17.2 Å². The first-order chi connectivity index (χ1) is 14.1. The lowest BCUT2D eigenvalue weighted by molar-refractivity contribution is -0.384. The SMILES string of the molecule is O=C(Nc1cccc2ccccc12)c1ccc(N2CCCCCC2)c([N+](=O)[O-])c1. The zero-order chi connectivity index (χ0) is 20.2. The summed E-state index contributed by atoms with van der Waals surface area (Å²) in [6.45, 7) is 1.62. The Hall–Kier alpha value is -3.41. The number of nitrogens with zero attached hydrogens (tertiary/aromatic N) is 2. The van der Waals surface area contributed by atoms with E-state index in [9.17, 15) is 14.9 Å². The molecular weight excluding hydrogens is 366 g/mol. The summed E-state index contributed by atoms with van der Waals surface area (Å²) in [7, 11) is 0. The van der Waals surface area contributed by atoms with Crippen LogP contribution in [0.2, 0.25) is 0 Å². The second-order valence-corrected chi connectivity index (χ2v) is 7.34. The fourth-order valence-electron chi connectivity index (χ4n) is 3.92. The molecule has 1 fully saturated rings. The van der Waals surface area contributed by atoms with E-state index in [1.54, 1.807) is 12.1 Å². The van der Waals surface area contributed by atoms with Crippen LogP contribution in [0.5, 0.6) is 0 Å². The quantitative estimate of drug-likeness (QED) is 0.480. The van der Waals surface area contributed by atoms with Gasteiger partial charge in [0.05, 0.1) is 4.92 Å². The molecule has 1 amide bonds. The minimum Gasteiger partial charge on any atom is -0.366 e. The summed E-state index contributed by atoms with van der Waals surface area (Å²) >= 11 is 0. The molecule has 1 aliphatic heterocycles. The highest BCUT2D eigenvalue weighted by molar-refractivity contribution is 6.09. The Morgan fingerprint density at radius 2 is 1.66 bits per heavy atom. The summed E-state index contributed by atoms with van der Waals surface area (Å²) in [5, 5.41) is 16.6. The molecule has 1 N–H and O–H groups in total. The van der Waals surface area contributed by atoms with E-state index >= 15 is 0 Å². The van der Waals surface area contributed by atoms with Crippen molar-refractivity contribution in [3.63, 3.8) is 0 Å². The number of benzene rings is 3. The third-order valence-corrected chi connectivity index (χ3v) is 5.42. The second kappa shape index (κ2) is 8.31. The van der Waals surface area contributed by atoms with Crippen molar-refractivity contribution in [2.45, 2.75) is 25.7 Å². The zero-order valence-electron chi connectivity index (χ0n) is 16.1. The van der Waals surface area contributed by atoms with Gasteiger partial charge < -0.3 is 10.2 Å². The summed E-state index contributed by atoms with van der Waals surface area (Å²) in [6.07, 6.45) is 4.35. The predicted octanol–water partition coefficient (Wildman–Crippen LogP) is 5.38. The van der Waals surface area contributed by atoms with Crippen LogP contribution in [-0.4, -0.2) is 23.9 Å². The van der Waals surface area contributed by atoms with Crippen molar-refractivity contribution in [3.8, 4) is 0 Å². The standard InChI is InChI=1S/C23H23N3O3/c27-23(24-20-11-7-9-17-8-3-4-10-19(17)20)18-12-13-21(22(16-18)26(28)29)25-14-5-1-2-6-15-25/h3-4,7-13,16H,1-2,5-6,14-15H2,(H,24,27). The first kappa shape index (κ1) is 18.9. The molecule has 0 saturated carbocycles. The average Bonchev–Trinajstić information content (AvgIpc) is 3.03. The molecule has 6 heteroatoms. The van der Waals surface area contributed by atoms with Crippen molar-refractivity contribution in [2.75, 3.05) is 23.3 Å². The van der Waals surface area contributed by atoms with Gasteiger partial charge in [-0.1, -0.05) is 49.2 Å². The van der Waals surface area contributed by atoms with Gasteiger partial charge in [-0.15, -0.1) is 0 Å². The van der Waals surface area contributed by atoms with Crippen molar-refractivity contribution in [1.82, 2.24) is 0 Å². The lowest BCUT2D eigenvalue weighted by Crippen LogP contribution is -2.25. The summed E-state index contributed by atoms with van der Waals surface area (Å²) in [4.78, 5) is 26.2. The van der Waals surface area contributed by atoms with Gasteiger partial charge in [-0.2, -0.15) is 0 Å². The minimum atomic E-state index is -0.394. The molecule has 0 bridgehead atoms. The van der Waals surface area contributed by atoms with Gasteiger partial charge in [-0.25, -0.2) is 0 Å². The van der Waals surface area contributed by atoms with Gasteiger partial charge in [0.1, 0.15) is 5.69 Å². The minimum absolute atomic E-state index is 0.0162. The van der Waals surface area contributed by atoms with E-state index < -0.39 is 4.92 Å². The van der Waals surface area contributed by atoms with Crippen LogP contribution >= 0.6 is 0 Å². The number of hydrogen-bond acceptors (Lipinski definition) is 4. The molecule has 6 nitrogen and oxygen atoms in total. The molecule has 3 aromatic rings. The first-order valence-electron chi connectivity index (χ1n) is 9.96. The molecular formula is C23H23N3O3. The monoisotopic (exact) mass is 389 g/mol. The highest BCUT2D eigenvalue weighted by Crippen LogP contribution is 2.31. The van der Waals surface area contributed by atoms with E-state index in [0.29, 0.717) is 11.4 Å². The summed E-state index contributed by atoms with van der Waals surface area (Å²) in [5.74, 6) is -0.355. The summed E-state index contributed by atoms with van der Waals surface area (Å²) in [6, 6.07) is 18.2. The molecule has 0 aromatic heterocycles. The fourth-order valence-corrected chi connectivity index (χ4v) is 3.92. The highest BCUT2D eigenvalue weighted by atomic mass is 16.6. The first-order valence-corrected chi connectivity index (χ1v) is 9.96. The van der Waals surface area contributed by atoms with Gasteiger partial charge in [-0.3, -0.25) is 14.9 Å². The Labute approximate surface area is 169 Å². The molecule has 0 atom stereocenters. The number of hydrogen-bond donors (Lipinski definition) is 1. The van der Waals surface area contributed by atoms with E-state index in [2.05, 4.69) is 10.2 Å². The Bertz CT molecular complexity index is 1050. The number of rotatable bonds is 4. The largest absolute Gasteiger partial charge is 0.366 e. The summed E-state index contributed by atoms with van der Waals surface area (Å²) < 4.78 is 0. The number of anilines is 2. The van der Waals surface area contributed by atoms with Crippen LogP contribution < -0.4 is 10.2 Å². The molecule has 148 valence electrons. The van der Waals surface area contributed by atoms with Gasteiger partial charge in [0, 0.05) is 35.8 Å². The summed E-state index contributed by atoms with van der Waals surface area (Å²) in [5.41, 5.74) is 1.55. The van der Waals surface area contributed by atoms with E-state index in [4.69, 9.17) is 0 Å². The Morgan fingerprint density at radius 3 is 2.41 bits per heavy atom. The molecule has 1 saturated heterocycles. The van der Waals surface area contributed by atoms with Gasteiger partial charge in [0.2, 0.25) is 0 Å². The van der Waals surface area contributed by atoms with Crippen molar-refractivity contribution < 1.29 is 9.72 Å². The van der Waals surface area contributed by atoms with Crippen molar-refractivity contribution in [3.05, 3.63) is 76.3 Å². The molecule has 0 aliphatic carbocycles. The maximum Gasteiger partial charge on any atom is 0.293 e. The van der Waals surface area contributed by atoms with Gasteiger partial charge in [0.15, 0.2) is 0 Å². The highest BCUT2D eigenvalue weighted by Gasteiger charge is 2.23. The molecule has 1 heterocycles. The number of carbonyl (C=O) groups is 1.